The highest BCUT2D eigenvalue weighted by atomic mass is 16.6. The third-order valence-electron chi connectivity index (χ3n) is 5.43. The van der Waals surface area contributed by atoms with E-state index in [2.05, 4.69) is 48.9 Å². The number of piperidine rings is 1. The number of hydrogen-bond acceptors (Lipinski definition) is 5. The van der Waals surface area contributed by atoms with Gasteiger partial charge in [0.1, 0.15) is 13.2 Å². The van der Waals surface area contributed by atoms with E-state index in [4.69, 9.17) is 14.5 Å². The van der Waals surface area contributed by atoms with Crippen LogP contribution in [0, 0.1) is 13.8 Å². The number of rotatable bonds is 3. The van der Waals surface area contributed by atoms with Crippen LogP contribution in [-0.2, 0) is 0 Å². The highest BCUT2D eigenvalue weighted by Gasteiger charge is 2.27. The summed E-state index contributed by atoms with van der Waals surface area (Å²) >= 11 is 0. The quantitative estimate of drug-likeness (QED) is 0.737. The van der Waals surface area contributed by atoms with Crippen LogP contribution in [-0.4, -0.2) is 41.2 Å². The summed E-state index contributed by atoms with van der Waals surface area (Å²) < 4.78 is 11.3. The largest absolute Gasteiger partial charge is 0.484 e. The van der Waals surface area contributed by atoms with Crippen molar-refractivity contribution in [1.29, 1.82) is 0 Å². The van der Waals surface area contributed by atoms with Crippen LogP contribution in [0.25, 0.3) is 0 Å². The van der Waals surface area contributed by atoms with Gasteiger partial charge in [-0.15, -0.1) is 0 Å². The van der Waals surface area contributed by atoms with Gasteiger partial charge in [-0.05, 0) is 75.9 Å². The van der Waals surface area contributed by atoms with E-state index in [0.717, 1.165) is 35.9 Å². The predicted molar refractivity (Wildman–Crippen MR) is 114 cm³/mol. The standard InChI is InChI=1S/C21H27N3O2.2CH4/c1-14-11-18(12-15(2)22-14)17-5-4-8-24(13-17)16(3)19-6-7-20-21(23-19)26-10-9-25-20;;/h6-7,11-12,16-17H,4-5,8-10,13H2,1-3H3;2*1H4/t16-,17-;;/m1../s1. The van der Waals surface area contributed by atoms with Crippen molar-refractivity contribution in [2.45, 2.75) is 60.4 Å². The first-order valence-electron chi connectivity index (χ1n) is 9.56. The van der Waals surface area contributed by atoms with E-state index in [0.29, 0.717) is 25.0 Å². The molecule has 2 aliphatic heterocycles. The van der Waals surface area contributed by atoms with Gasteiger partial charge in [-0.3, -0.25) is 9.88 Å². The minimum Gasteiger partial charge on any atom is -0.484 e. The molecule has 2 aliphatic rings. The van der Waals surface area contributed by atoms with Gasteiger partial charge in [-0.2, -0.15) is 0 Å². The lowest BCUT2D eigenvalue weighted by molar-refractivity contribution is 0.147. The molecule has 5 nitrogen and oxygen atoms in total. The normalized spacial score (nSPS) is 19.9. The first-order valence-corrected chi connectivity index (χ1v) is 9.56. The number of hydrogen-bond donors (Lipinski definition) is 0. The van der Waals surface area contributed by atoms with Gasteiger partial charge in [0.15, 0.2) is 5.75 Å². The molecule has 0 N–H and O–H groups in total. The van der Waals surface area contributed by atoms with Crippen molar-refractivity contribution in [3.63, 3.8) is 0 Å². The monoisotopic (exact) mass is 385 g/mol. The maximum Gasteiger partial charge on any atom is 0.257 e. The van der Waals surface area contributed by atoms with Crippen molar-refractivity contribution in [2.24, 2.45) is 0 Å². The molecule has 5 heteroatoms. The number of aromatic nitrogens is 2. The molecule has 0 unspecified atom stereocenters. The van der Waals surface area contributed by atoms with E-state index in [-0.39, 0.29) is 20.9 Å². The molecule has 0 amide bonds. The topological polar surface area (TPSA) is 47.5 Å². The molecule has 0 aromatic carbocycles. The summed E-state index contributed by atoms with van der Waals surface area (Å²) in [5, 5.41) is 0. The van der Waals surface area contributed by atoms with Crippen molar-refractivity contribution in [3.05, 3.63) is 46.9 Å². The summed E-state index contributed by atoms with van der Waals surface area (Å²) in [5.41, 5.74) is 4.69. The zero-order chi connectivity index (χ0) is 18.1. The Labute approximate surface area is 170 Å². The van der Waals surface area contributed by atoms with Crippen LogP contribution in [0.5, 0.6) is 11.6 Å². The zero-order valence-corrected chi connectivity index (χ0v) is 15.9. The van der Waals surface area contributed by atoms with E-state index in [9.17, 15) is 0 Å². The van der Waals surface area contributed by atoms with Gasteiger partial charge in [-0.25, -0.2) is 4.98 Å². The van der Waals surface area contributed by atoms with Crippen LogP contribution in [0.3, 0.4) is 0 Å². The fraction of sp³-hybridized carbons (Fsp3) is 0.565. The lowest BCUT2D eigenvalue weighted by Gasteiger charge is -2.37. The SMILES string of the molecule is C.C.Cc1cc([C@@H]2CCCN([C@H](C)c3ccc4c(n3)OCCO4)C2)cc(C)n1. The average Bonchev–Trinajstić information content (AvgIpc) is 2.66. The Hall–Kier alpha value is -2.14. The third-order valence-corrected chi connectivity index (χ3v) is 5.43. The smallest absolute Gasteiger partial charge is 0.257 e. The van der Waals surface area contributed by atoms with E-state index >= 15 is 0 Å². The molecule has 4 rings (SSSR count). The van der Waals surface area contributed by atoms with E-state index in [1.165, 1.54) is 18.4 Å². The molecule has 0 spiro atoms. The Morgan fingerprint density at radius 2 is 1.75 bits per heavy atom. The van der Waals surface area contributed by atoms with Crippen LogP contribution < -0.4 is 9.47 Å². The molecule has 0 aliphatic carbocycles. The number of likely N-dealkylation sites (tertiary alicyclic amines) is 1. The van der Waals surface area contributed by atoms with E-state index < -0.39 is 0 Å². The van der Waals surface area contributed by atoms with Gasteiger partial charge in [0.05, 0.1) is 5.69 Å². The van der Waals surface area contributed by atoms with Gasteiger partial charge in [0.25, 0.3) is 5.88 Å². The molecule has 154 valence electrons. The highest BCUT2D eigenvalue weighted by Crippen LogP contribution is 2.34. The average molecular weight is 386 g/mol. The van der Waals surface area contributed by atoms with Gasteiger partial charge in [0.2, 0.25) is 0 Å². The lowest BCUT2D eigenvalue weighted by Crippen LogP contribution is -2.36. The second kappa shape index (κ2) is 9.37. The van der Waals surface area contributed by atoms with Gasteiger partial charge < -0.3 is 9.47 Å². The maximum absolute atomic E-state index is 5.66. The van der Waals surface area contributed by atoms with Gasteiger partial charge in [0, 0.05) is 24.0 Å². The van der Waals surface area contributed by atoms with Crippen LogP contribution in [0.1, 0.15) is 69.2 Å². The summed E-state index contributed by atoms with van der Waals surface area (Å²) in [7, 11) is 0. The number of aryl methyl sites for hydroxylation is 2. The van der Waals surface area contributed by atoms with Gasteiger partial charge in [-0.1, -0.05) is 14.9 Å². The Kier molecular flexibility index (Phi) is 7.41. The molecular weight excluding hydrogens is 350 g/mol. The zero-order valence-electron chi connectivity index (χ0n) is 15.9. The Bertz CT molecular complexity index is 773. The van der Waals surface area contributed by atoms with Crippen LogP contribution >= 0.6 is 0 Å². The molecule has 4 heterocycles. The first kappa shape index (κ1) is 22.2. The Morgan fingerprint density at radius 1 is 1.04 bits per heavy atom. The van der Waals surface area contributed by atoms with Crippen molar-refractivity contribution >= 4 is 0 Å². The predicted octanol–water partition coefficient (Wildman–Crippen LogP) is 5.08. The second-order valence-electron chi connectivity index (χ2n) is 7.43. The molecule has 1 saturated heterocycles. The maximum atomic E-state index is 5.66. The second-order valence-corrected chi connectivity index (χ2v) is 7.43. The van der Waals surface area contributed by atoms with E-state index in [1.54, 1.807) is 0 Å². The minimum atomic E-state index is 0. The fourth-order valence-corrected chi connectivity index (χ4v) is 4.10. The van der Waals surface area contributed by atoms with Crippen molar-refractivity contribution in [3.8, 4) is 11.6 Å². The summed E-state index contributed by atoms with van der Waals surface area (Å²) in [6.45, 7) is 9.74. The molecule has 2 atom stereocenters. The fourth-order valence-electron chi connectivity index (χ4n) is 4.10. The summed E-state index contributed by atoms with van der Waals surface area (Å²) in [6.07, 6.45) is 2.45. The Balaban J connectivity index is 0.00000140. The van der Waals surface area contributed by atoms with Gasteiger partial charge >= 0.3 is 0 Å². The van der Waals surface area contributed by atoms with Crippen molar-refractivity contribution < 1.29 is 9.47 Å². The highest BCUT2D eigenvalue weighted by molar-refractivity contribution is 5.36. The number of fused-ring (bicyclic) bond motifs is 1. The third kappa shape index (κ3) is 4.64. The van der Waals surface area contributed by atoms with E-state index in [1.807, 2.05) is 6.07 Å². The molecule has 1 fully saturated rings. The summed E-state index contributed by atoms with van der Waals surface area (Å²) in [4.78, 5) is 11.8. The van der Waals surface area contributed by atoms with Crippen molar-refractivity contribution in [2.75, 3.05) is 26.3 Å². The van der Waals surface area contributed by atoms with Crippen molar-refractivity contribution in [1.82, 2.24) is 14.9 Å². The number of ether oxygens (including phenoxy) is 2. The minimum absolute atomic E-state index is 0. The number of pyridine rings is 2. The first-order chi connectivity index (χ1) is 12.6. The van der Waals surface area contributed by atoms with Crippen LogP contribution in [0.2, 0.25) is 0 Å². The van der Waals surface area contributed by atoms with Crippen LogP contribution in [0.4, 0.5) is 0 Å². The molecule has 0 bridgehead atoms. The molecular formula is C23H35N3O2. The molecule has 28 heavy (non-hydrogen) atoms. The molecule has 0 radical (unpaired) electrons. The molecule has 2 aromatic rings. The summed E-state index contributed by atoms with van der Waals surface area (Å²) in [6, 6.07) is 8.81. The van der Waals surface area contributed by atoms with Crippen LogP contribution in [0.15, 0.2) is 24.3 Å². The summed E-state index contributed by atoms with van der Waals surface area (Å²) in [5.74, 6) is 1.95. The molecule has 2 aromatic heterocycles. The lowest BCUT2D eigenvalue weighted by atomic mass is 9.89. The number of nitrogens with zero attached hydrogens (tertiary/aromatic N) is 3. The molecule has 0 saturated carbocycles. The Morgan fingerprint density at radius 3 is 2.50 bits per heavy atom.